The van der Waals surface area contributed by atoms with Crippen LogP contribution in [0.5, 0.6) is 0 Å². The molecule has 0 amide bonds. The minimum atomic E-state index is -3.73. The average molecular weight is 360 g/mol. The molecule has 1 atom stereocenters. The van der Waals surface area contributed by atoms with Crippen LogP contribution in [0.3, 0.4) is 0 Å². The van der Waals surface area contributed by atoms with E-state index in [1.54, 1.807) is 6.07 Å². The number of hydrogen-bond acceptors (Lipinski definition) is 3. The summed E-state index contributed by atoms with van der Waals surface area (Å²) in [5, 5.41) is 0.261. The molecule has 0 saturated heterocycles. The third kappa shape index (κ3) is 3.40. The van der Waals surface area contributed by atoms with Crippen LogP contribution in [0.1, 0.15) is 12.8 Å². The van der Waals surface area contributed by atoms with Crippen molar-refractivity contribution in [1.82, 2.24) is 4.31 Å². The minimum absolute atomic E-state index is 0. The van der Waals surface area contributed by atoms with Gasteiger partial charge in [0.25, 0.3) is 0 Å². The maximum absolute atomic E-state index is 12.6. The zero-order chi connectivity index (χ0) is 14.2. The Kier molecular flexibility index (Phi) is 6.14. The molecule has 4 nitrogen and oxygen atoms in total. The summed E-state index contributed by atoms with van der Waals surface area (Å²) in [5.74, 6) is 0.339. The number of halogens is 3. The molecule has 1 aliphatic rings. The quantitative estimate of drug-likeness (QED) is 0.879. The number of benzene rings is 1. The molecule has 8 heteroatoms. The molecular formula is C12H17Cl3N2O2S. The van der Waals surface area contributed by atoms with Gasteiger partial charge in [0.2, 0.25) is 10.0 Å². The first-order valence-corrected chi connectivity index (χ1v) is 8.21. The normalized spacial score (nSPS) is 16.9. The van der Waals surface area contributed by atoms with Crippen LogP contribution in [-0.4, -0.2) is 32.4 Å². The van der Waals surface area contributed by atoms with Gasteiger partial charge < -0.3 is 5.73 Å². The SMILES string of the molecule is CN(C(CN)C1CC1)S(=O)(=O)c1c(Cl)cccc1Cl.Cl. The first-order valence-electron chi connectivity index (χ1n) is 6.01. The molecule has 2 N–H and O–H groups in total. The summed E-state index contributed by atoms with van der Waals surface area (Å²) < 4.78 is 26.5. The molecule has 2 rings (SSSR count). The van der Waals surface area contributed by atoms with E-state index in [-0.39, 0.29) is 33.4 Å². The molecule has 0 aliphatic heterocycles. The summed E-state index contributed by atoms with van der Waals surface area (Å²) in [7, 11) is -2.19. The Morgan fingerprint density at radius 1 is 1.35 bits per heavy atom. The summed E-state index contributed by atoms with van der Waals surface area (Å²) in [6, 6.07) is 4.45. The van der Waals surface area contributed by atoms with E-state index < -0.39 is 10.0 Å². The molecule has 0 bridgehead atoms. The molecule has 1 unspecified atom stereocenters. The Bertz CT molecular complexity index is 556. The summed E-state index contributed by atoms with van der Waals surface area (Å²) in [5.41, 5.74) is 5.69. The molecule has 1 aromatic carbocycles. The van der Waals surface area contributed by atoms with Crippen molar-refractivity contribution in [2.45, 2.75) is 23.8 Å². The van der Waals surface area contributed by atoms with E-state index in [0.717, 1.165) is 12.8 Å². The van der Waals surface area contributed by atoms with Crippen LogP contribution < -0.4 is 5.73 Å². The standard InChI is InChI=1S/C12H16Cl2N2O2S.ClH/c1-16(11(7-15)8-5-6-8)19(17,18)12-9(13)3-2-4-10(12)14;/h2-4,8,11H,5-7,15H2,1H3;1H. The number of rotatable bonds is 5. The van der Waals surface area contributed by atoms with E-state index in [2.05, 4.69) is 0 Å². The van der Waals surface area contributed by atoms with E-state index in [4.69, 9.17) is 28.9 Å². The lowest BCUT2D eigenvalue weighted by molar-refractivity contribution is 0.340. The van der Waals surface area contributed by atoms with Crippen LogP contribution in [0.15, 0.2) is 23.1 Å². The van der Waals surface area contributed by atoms with Crippen LogP contribution >= 0.6 is 35.6 Å². The van der Waals surface area contributed by atoms with Gasteiger partial charge in [0.15, 0.2) is 0 Å². The summed E-state index contributed by atoms with van der Waals surface area (Å²) in [6.07, 6.45) is 2.02. The molecule has 1 saturated carbocycles. The Hall–Kier alpha value is -0.0400. The van der Waals surface area contributed by atoms with Crippen molar-refractivity contribution in [3.8, 4) is 0 Å². The lowest BCUT2D eigenvalue weighted by atomic mass is 10.2. The Balaban J connectivity index is 0.00000200. The molecule has 20 heavy (non-hydrogen) atoms. The number of likely N-dealkylation sites (N-methyl/N-ethyl adjacent to an activating group) is 1. The number of hydrogen-bond donors (Lipinski definition) is 1. The first-order chi connectivity index (χ1) is 8.89. The van der Waals surface area contributed by atoms with Crippen molar-refractivity contribution in [2.75, 3.05) is 13.6 Å². The smallest absolute Gasteiger partial charge is 0.246 e. The van der Waals surface area contributed by atoms with Gasteiger partial charge in [0, 0.05) is 19.6 Å². The van der Waals surface area contributed by atoms with Gasteiger partial charge in [-0.3, -0.25) is 0 Å². The largest absolute Gasteiger partial charge is 0.329 e. The third-order valence-electron chi connectivity index (χ3n) is 3.43. The van der Waals surface area contributed by atoms with Gasteiger partial charge in [-0.25, -0.2) is 8.42 Å². The van der Waals surface area contributed by atoms with E-state index in [1.165, 1.54) is 23.5 Å². The van der Waals surface area contributed by atoms with Crippen molar-refractivity contribution in [3.63, 3.8) is 0 Å². The average Bonchev–Trinajstić information content (AvgIpc) is 3.13. The lowest BCUT2D eigenvalue weighted by Crippen LogP contribution is -2.43. The second kappa shape index (κ2) is 6.81. The van der Waals surface area contributed by atoms with E-state index >= 15 is 0 Å². The Morgan fingerprint density at radius 3 is 2.25 bits per heavy atom. The van der Waals surface area contributed by atoms with Crippen molar-refractivity contribution in [2.24, 2.45) is 11.7 Å². The zero-order valence-electron chi connectivity index (χ0n) is 10.9. The number of nitrogens with zero attached hydrogens (tertiary/aromatic N) is 1. The third-order valence-corrected chi connectivity index (χ3v) is 6.27. The molecule has 1 fully saturated rings. The fraction of sp³-hybridized carbons (Fsp3) is 0.500. The predicted molar refractivity (Wildman–Crippen MR) is 84.2 cm³/mol. The van der Waals surface area contributed by atoms with Crippen molar-refractivity contribution in [3.05, 3.63) is 28.2 Å². The molecule has 1 aliphatic carbocycles. The Labute approximate surface area is 135 Å². The molecule has 0 spiro atoms. The van der Waals surface area contributed by atoms with Gasteiger partial charge >= 0.3 is 0 Å². The summed E-state index contributed by atoms with van der Waals surface area (Å²) in [4.78, 5) is -0.0417. The zero-order valence-corrected chi connectivity index (χ0v) is 14.1. The second-order valence-electron chi connectivity index (χ2n) is 4.71. The van der Waals surface area contributed by atoms with Gasteiger partial charge in [0.05, 0.1) is 10.0 Å². The minimum Gasteiger partial charge on any atom is -0.329 e. The predicted octanol–water partition coefficient (Wildman–Crippen LogP) is 2.77. The van der Waals surface area contributed by atoms with E-state index in [0.29, 0.717) is 12.5 Å². The van der Waals surface area contributed by atoms with Gasteiger partial charge in [-0.1, -0.05) is 29.3 Å². The van der Waals surface area contributed by atoms with Crippen LogP contribution in [0, 0.1) is 5.92 Å². The number of sulfonamides is 1. The maximum Gasteiger partial charge on any atom is 0.246 e. The highest BCUT2D eigenvalue weighted by Gasteiger charge is 2.39. The number of nitrogens with two attached hydrogens (primary N) is 1. The van der Waals surface area contributed by atoms with Crippen LogP contribution in [0.2, 0.25) is 10.0 Å². The van der Waals surface area contributed by atoms with Crippen molar-refractivity contribution in [1.29, 1.82) is 0 Å². The lowest BCUT2D eigenvalue weighted by Gasteiger charge is -2.27. The fourth-order valence-corrected chi connectivity index (χ4v) is 4.68. The van der Waals surface area contributed by atoms with Gasteiger partial charge in [-0.2, -0.15) is 4.31 Å². The molecular weight excluding hydrogens is 343 g/mol. The van der Waals surface area contributed by atoms with Gasteiger partial charge in [0.1, 0.15) is 4.90 Å². The molecule has 114 valence electrons. The first kappa shape index (κ1) is 18.0. The Morgan fingerprint density at radius 2 is 1.85 bits per heavy atom. The van der Waals surface area contributed by atoms with Gasteiger partial charge in [-0.05, 0) is 30.9 Å². The second-order valence-corrected chi connectivity index (χ2v) is 7.46. The van der Waals surface area contributed by atoms with Crippen molar-refractivity contribution < 1.29 is 8.42 Å². The fourth-order valence-electron chi connectivity index (χ4n) is 2.17. The highest BCUT2D eigenvalue weighted by atomic mass is 35.5. The molecule has 1 aromatic rings. The van der Waals surface area contributed by atoms with Crippen LogP contribution in [-0.2, 0) is 10.0 Å². The molecule has 0 aromatic heterocycles. The van der Waals surface area contributed by atoms with E-state index in [1.807, 2.05) is 0 Å². The highest BCUT2D eigenvalue weighted by molar-refractivity contribution is 7.89. The van der Waals surface area contributed by atoms with E-state index in [9.17, 15) is 8.42 Å². The van der Waals surface area contributed by atoms with Crippen LogP contribution in [0.4, 0.5) is 0 Å². The van der Waals surface area contributed by atoms with Crippen LogP contribution in [0.25, 0.3) is 0 Å². The highest BCUT2D eigenvalue weighted by Crippen LogP contribution is 2.38. The summed E-state index contributed by atoms with van der Waals surface area (Å²) in [6.45, 7) is 0.294. The topological polar surface area (TPSA) is 63.4 Å². The molecule has 0 heterocycles. The summed E-state index contributed by atoms with van der Waals surface area (Å²) >= 11 is 12.0. The molecule has 0 radical (unpaired) electrons. The monoisotopic (exact) mass is 358 g/mol. The van der Waals surface area contributed by atoms with Gasteiger partial charge in [-0.15, -0.1) is 12.4 Å². The van der Waals surface area contributed by atoms with Crippen molar-refractivity contribution >= 4 is 45.6 Å². The maximum atomic E-state index is 12.6.